The Hall–Kier alpha value is -3.00. The van der Waals surface area contributed by atoms with Gasteiger partial charge in [0.1, 0.15) is 10.9 Å². The van der Waals surface area contributed by atoms with E-state index in [1.165, 1.54) is 22.7 Å². The van der Waals surface area contributed by atoms with Crippen LogP contribution in [0.25, 0.3) is 10.2 Å². The lowest BCUT2D eigenvalue weighted by atomic mass is 9.89. The largest absolute Gasteiger partial charge is 0.326 e. The molecule has 0 saturated heterocycles. The Morgan fingerprint density at radius 1 is 1.20 bits per heavy atom. The van der Waals surface area contributed by atoms with E-state index in [1.807, 2.05) is 0 Å². The molecule has 2 amide bonds. The molecule has 0 aliphatic heterocycles. The first-order valence-corrected chi connectivity index (χ1v) is 10.8. The van der Waals surface area contributed by atoms with Crippen molar-refractivity contribution in [2.45, 2.75) is 46.1 Å². The Morgan fingerprint density at radius 3 is 2.53 bits per heavy atom. The number of nitrogens with one attached hydrogen (secondary N) is 2. The van der Waals surface area contributed by atoms with Crippen molar-refractivity contribution >= 4 is 44.7 Å². The van der Waals surface area contributed by atoms with Gasteiger partial charge in [0.05, 0.1) is 11.7 Å². The number of aromatic nitrogens is 2. The number of nitrogens with zero attached hydrogens (tertiary/aromatic N) is 2. The normalized spacial score (nSPS) is 16.7. The number of hydrogen-bond donors (Lipinski definition) is 2. The van der Waals surface area contributed by atoms with E-state index in [9.17, 15) is 14.4 Å². The highest BCUT2D eigenvalue weighted by atomic mass is 32.1. The van der Waals surface area contributed by atoms with Crippen LogP contribution in [0.2, 0.25) is 0 Å². The summed E-state index contributed by atoms with van der Waals surface area (Å²) in [4.78, 5) is 43.6. The third-order valence-electron chi connectivity index (χ3n) is 5.51. The molecular weight excluding hydrogens is 400 g/mol. The van der Waals surface area contributed by atoms with Crippen molar-refractivity contribution < 1.29 is 9.59 Å². The molecule has 1 aliphatic rings. The molecule has 2 N–H and O–H groups in total. The summed E-state index contributed by atoms with van der Waals surface area (Å²) < 4.78 is 1.41. The summed E-state index contributed by atoms with van der Waals surface area (Å²) in [5.74, 6) is 0.158. The van der Waals surface area contributed by atoms with Crippen LogP contribution < -0.4 is 16.2 Å². The average Bonchev–Trinajstić information content (AvgIpc) is 3.07. The van der Waals surface area contributed by atoms with E-state index < -0.39 is 6.04 Å². The third kappa shape index (κ3) is 3.87. The summed E-state index contributed by atoms with van der Waals surface area (Å²) in [6.45, 7) is 5.36. The molecule has 0 saturated carbocycles. The second-order valence-electron chi connectivity index (χ2n) is 7.91. The van der Waals surface area contributed by atoms with E-state index in [2.05, 4.69) is 22.5 Å². The molecule has 0 fully saturated rings. The lowest BCUT2D eigenvalue weighted by molar-refractivity contribution is -0.119. The molecule has 4 rings (SSSR count). The number of carbonyl (C=O) groups excluding carboxylic acids is 2. The molecular formula is C22H24N4O3S. The van der Waals surface area contributed by atoms with Gasteiger partial charge in [-0.25, -0.2) is 4.98 Å². The number of anilines is 2. The van der Waals surface area contributed by atoms with Gasteiger partial charge in [-0.3, -0.25) is 19.0 Å². The predicted molar refractivity (Wildman–Crippen MR) is 119 cm³/mol. The maximum Gasteiger partial charge on any atom is 0.263 e. The maximum absolute atomic E-state index is 13.2. The molecule has 0 spiro atoms. The van der Waals surface area contributed by atoms with Gasteiger partial charge in [-0.2, -0.15) is 0 Å². The van der Waals surface area contributed by atoms with Gasteiger partial charge >= 0.3 is 0 Å². The zero-order valence-corrected chi connectivity index (χ0v) is 18.0. The Morgan fingerprint density at radius 2 is 1.87 bits per heavy atom. The van der Waals surface area contributed by atoms with Crippen LogP contribution in [0, 0.1) is 5.92 Å². The number of aryl methyl sites for hydroxylation is 1. The van der Waals surface area contributed by atoms with Gasteiger partial charge in [0.15, 0.2) is 0 Å². The fourth-order valence-corrected chi connectivity index (χ4v) is 5.17. The second kappa shape index (κ2) is 8.02. The third-order valence-corrected chi connectivity index (χ3v) is 6.67. The maximum atomic E-state index is 13.2. The molecule has 2 unspecified atom stereocenters. The molecule has 1 aromatic carbocycles. The highest BCUT2D eigenvalue weighted by Crippen LogP contribution is 2.35. The van der Waals surface area contributed by atoms with Gasteiger partial charge in [-0.15, -0.1) is 11.3 Å². The summed E-state index contributed by atoms with van der Waals surface area (Å²) >= 11 is 1.60. The zero-order valence-electron chi connectivity index (χ0n) is 17.2. The van der Waals surface area contributed by atoms with Crippen molar-refractivity contribution in [2.75, 3.05) is 10.6 Å². The standard InChI is InChI=1S/C22H24N4O3S/c1-12-4-9-17-18(10-12)30-21-19(17)22(29)26(11-23-21)13(2)20(28)25-16-7-5-15(6-8-16)24-14(3)27/h5-8,11-13H,4,9-10H2,1-3H3,(H,24,27)(H,25,28). The Bertz CT molecular complexity index is 1180. The number of fused-ring (bicyclic) bond motifs is 3. The quantitative estimate of drug-likeness (QED) is 0.667. The van der Waals surface area contributed by atoms with Crippen molar-refractivity contribution in [3.05, 3.63) is 51.4 Å². The van der Waals surface area contributed by atoms with Gasteiger partial charge in [-0.1, -0.05) is 6.92 Å². The van der Waals surface area contributed by atoms with Crippen molar-refractivity contribution in [2.24, 2.45) is 5.92 Å². The molecule has 7 nitrogen and oxygen atoms in total. The number of carbonyl (C=O) groups is 2. The number of thiophene rings is 1. The predicted octanol–water partition coefficient (Wildman–Crippen LogP) is 3.74. The minimum absolute atomic E-state index is 0.157. The second-order valence-corrected chi connectivity index (χ2v) is 9.00. The van der Waals surface area contributed by atoms with Gasteiger partial charge < -0.3 is 10.6 Å². The van der Waals surface area contributed by atoms with Gasteiger partial charge in [0.2, 0.25) is 11.8 Å². The van der Waals surface area contributed by atoms with Crippen LogP contribution in [0.5, 0.6) is 0 Å². The molecule has 2 aromatic heterocycles. The summed E-state index contributed by atoms with van der Waals surface area (Å²) in [5, 5.41) is 6.17. The lowest BCUT2D eigenvalue weighted by Crippen LogP contribution is -2.32. The van der Waals surface area contributed by atoms with Crippen LogP contribution in [0.15, 0.2) is 35.4 Å². The smallest absolute Gasteiger partial charge is 0.263 e. The van der Waals surface area contributed by atoms with Crippen LogP contribution in [-0.2, 0) is 22.4 Å². The minimum Gasteiger partial charge on any atom is -0.326 e. The number of rotatable bonds is 4. The first-order valence-electron chi connectivity index (χ1n) is 10.0. The molecule has 3 aromatic rings. The van der Waals surface area contributed by atoms with E-state index in [-0.39, 0.29) is 17.4 Å². The first-order chi connectivity index (χ1) is 14.3. The Kier molecular flexibility index (Phi) is 5.42. The summed E-state index contributed by atoms with van der Waals surface area (Å²) in [5.41, 5.74) is 2.19. The number of benzene rings is 1. The van der Waals surface area contributed by atoms with E-state index >= 15 is 0 Å². The van der Waals surface area contributed by atoms with Crippen LogP contribution in [0.3, 0.4) is 0 Å². The minimum atomic E-state index is -0.706. The fraction of sp³-hybridized carbons (Fsp3) is 0.364. The molecule has 1 aliphatic carbocycles. The van der Waals surface area contributed by atoms with Gasteiger partial charge in [0, 0.05) is 23.2 Å². The lowest BCUT2D eigenvalue weighted by Gasteiger charge is -2.18. The van der Waals surface area contributed by atoms with E-state index in [0.717, 1.165) is 29.7 Å². The number of hydrogen-bond acceptors (Lipinski definition) is 5. The van der Waals surface area contributed by atoms with Gasteiger partial charge in [-0.05, 0) is 61.9 Å². The average molecular weight is 425 g/mol. The Labute approximate surface area is 178 Å². The molecule has 8 heteroatoms. The van der Waals surface area contributed by atoms with Crippen LogP contribution >= 0.6 is 11.3 Å². The summed E-state index contributed by atoms with van der Waals surface area (Å²) in [7, 11) is 0. The molecule has 156 valence electrons. The monoisotopic (exact) mass is 424 g/mol. The highest BCUT2D eigenvalue weighted by Gasteiger charge is 2.25. The number of amides is 2. The molecule has 30 heavy (non-hydrogen) atoms. The van der Waals surface area contributed by atoms with Crippen molar-refractivity contribution in [3.8, 4) is 0 Å². The van der Waals surface area contributed by atoms with E-state index in [4.69, 9.17) is 0 Å². The molecule has 2 atom stereocenters. The topological polar surface area (TPSA) is 93.1 Å². The fourth-order valence-electron chi connectivity index (χ4n) is 3.83. The van der Waals surface area contributed by atoms with Gasteiger partial charge in [0.25, 0.3) is 5.56 Å². The van der Waals surface area contributed by atoms with E-state index in [0.29, 0.717) is 22.7 Å². The highest BCUT2D eigenvalue weighted by molar-refractivity contribution is 7.18. The molecule has 0 radical (unpaired) electrons. The molecule has 0 bridgehead atoms. The zero-order chi connectivity index (χ0) is 21.4. The van der Waals surface area contributed by atoms with Crippen LogP contribution in [0.1, 0.15) is 43.7 Å². The van der Waals surface area contributed by atoms with Crippen LogP contribution in [-0.4, -0.2) is 21.4 Å². The van der Waals surface area contributed by atoms with Crippen LogP contribution in [0.4, 0.5) is 11.4 Å². The Balaban J connectivity index is 1.57. The first kappa shape index (κ1) is 20.3. The summed E-state index contributed by atoms with van der Waals surface area (Å²) in [6.07, 6.45) is 4.41. The van der Waals surface area contributed by atoms with E-state index in [1.54, 1.807) is 42.5 Å². The molecule has 2 heterocycles. The van der Waals surface area contributed by atoms with Crippen molar-refractivity contribution in [1.29, 1.82) is 0 Å². The SMILES string of the molecule is CC(=O)Nc1ccc(NC(=O)C(C)n2cnc3sc4c(c3c2=O)CCC(C)C4)cc1. The van der Waals surface area contributed by atoms with Crippen molar-refractivity contribution in [1.82, 2.24) is 9.55 Å². The summed E-state index contributed by atoms with van der Waals surface area (Å²) in [6, 6.07) is 6.12. The van der Waals surface area contributed by atoms with Crippen molar-refractivity contribution in [3.63, 3.8) is 0 Å².